The summed E-state index contributed by atoms with van der Waals surface area (Å²) in [7, 11) is -3.95. The van der Waals surface area contributed by atoms with E-state index in [-0.39, 0.29) is 29.8 Å². The molecule has 0 radical (unpaired) electrons. The fourth-order valence-electron chi connectivity index (χ4n) is 3.40. The number of hydrogen-bond acceptors (Lipinski definition) is 4. The third-order valence-corrected chi connectivity index (χ3v) is 6.93. The second-order valence-electron chi connectivity index (χ2n) is 6.83. The van der Waals surface area contributed by atoms with Crippen LogP contribution in [0.5, 0.6) is 0 Å². The van der Waals surface area contributed by atoms with E-state index in [4.69, 9.17) is 0 Å². The lowest BCUT2D eigenvalue weighted by Gasteiger charge is -2.30. The molecule has 10 heteroatoms. The Balaban J connectivity index is 1.42. The highest BCUT2D eigenvalue weighted by atomic mass is 32.2. The fraction of sp³-hybridized carbons (Fsp3) is 0.263. The molecule has 1 aliphatic rings. The van der Waals surface area contributed by atoms with Crippen LogP contribution < -0.4 is 5.43 Å². The van der Waals surface area contributed by atoms with Crippen molar-refractivity contribution in [3.05, 3.63) is 60.4 Å². The summed E-state index contributed by atoms with van der Waals surface area (Å²) < 4.78 is 54.5. The zero-order chi connectivity index (χ0) is 20.6. The molecule has 7 nitrogen and oxygen atoms in total. The molecule has 29 heavy (non-hydrogen) atoms. The first-order valence-corrected chi connectivity index (χ1v) is 10.5. The number of para-hydroxylation sites is 2. The summed E-state index contributed by atoms with van der Waals surface area (Å²) in [6, 6.07) is 9.86. The van der Waals surface area contributed by atoms with E-state index < -0.39 is 21.7 Å². The topological polar surface area (TPSA) is 84.3 Å². The predicted molar refractivity (Wildman–Crippen MR) is 102 cm³/mol. The van der Waals surface area contributed by atoms with Gasteiger partial charge < -0.3 is 0 Å². The van der Waals surface area contributed by atoms with Gasteiger partial charge in [0.2, 0.25) is 15.9 Å². The summed E-state index contributed by atoms with van der Waals surface area (Å²) in [5.74, 6) is -2.91. The summed E-state index contributed by atoms with van der Waals surface area (Å²) in [4.78, 5) is 16.5. The van der Waals surface area contributed by atoms with Gasteiger partial charge in [0, 0.05) is 19.0 Å². The Morgan fingerprint density at radius 1 is 1.07 bits per heavy atom. The summed E-state index contributed by atoms with van der Waals surface area (Å²) >= 11 is 0. The van der Waals surface area contributed by atoms with E-state index in [2.05, 4.69) is 10.4 Å². The van der Waals surface area contributed by atoms with Crippen LogP contribution in [0.1, 0.15) is 12.8 Å². The molecule has 0 spiro atoms. The van der Waals surface area contributed by atoms with Gasteiger partial charge in [-0.25, -0.2) is 26.9 Å². The van der Waals surface area contributed by atoms with Gasteiger partial charge in [0.05, 0.1) is 15.9 Å². The number of halogens is 2. The highest BCUT2D eigenvalue weighted by molar-refractivity contribution is 7.89. The molecule has 1 saturated heterocycles. The third kappa shape index (κ3) is 3.73. The maximum atomic E-state index is 13.4. The molecule has 3 aromatic rings. The van der Waals surface area contributed by atoms with Crippen LogP contribution in [0.15, 0.2) is 53.7 Å². The average Bonchev–Trinajstić information content (AvgIpc) is 3.13. The van der Waals surface area contributed by atoms with Crippen LogP contribution in [-0.2, 0) is 14.8 Å². The molecule has 1 aromatic heterocycles. The SMILES string of the molecule is O=C(Nn1cnc2ccccc21)C1CCN(S(=O)(=O)c2ccc(F)c(F)c2)CC1. The smallest absolute Gasteiger partial charge is 0.243 e. The Kier molecular flexibility index (Phi) is 5.05. The molecule has 0 aliphatic carbocycles. The molecule has 1 aliphatic heterocycles. The van der Waals surface area contributed by atoms with Crippen molar-refractivity contribution in [3.63, 3.8) is 0 Å². The largest absolute Gasteiger partial charge is 0.273 e. The molecular formula is C19H18F2N4O3S. The van der Waals surface area contributed by atoms with Gasteiger partial charge in [0.15, 0.2) is 11.6 Å². The number of sulfonamides is 1. The van der Waals surface area contributed by atoms with Crippen molar-refractivity contribution >= 4 is 27.0 Å². The Morgan fingerprint density at radius 3 is 2.52 bits per heavy atom. The number of benzene rings is 2. The number of aromatic nitrogens is 2. The van der Waals surface area contributed by atoms with Crippen LogP contribution in [0.4, 0.5) is 8.78 Å². The maximum Gasteiger partial charge on any atom is 0.243 e. The Hall–Kier alpha value is -2.85. The van der Waals surface area contributed by atoms with Crippen LogP contribution in [0.2, 0.25) is 0 Å². The fourth-order valence-corrected chi connectivity index (χ4v) is 4.89. The molecule has 0 bridgehead atoms. The molecule has 1 fully saturated rings. The number of amides is 1. The van der Waals surface area contributed by atoms with Crippen molar-refractivity contribution < 1.29 is 22.0 Å². The lowest BCUT2D eigenvalue weighted by molar-refractivity contribution is -0.121. The summed E-state index contributed by atoms with van der Waals surface area (Å²) in [6.45, 7) is 0.230. The average molecular weight is 420 g/mol. The second-order valence-corrected chi connectivity index (χ2v) is 8.77. The van der Waals surface area contributed by atoms with Gasteiger partial charge >= 0.3 is 0 Å². The number of carbonyl (C=O) groups is 1. The molecular weight excluding hydrogens is 402 g/mol. The predicted octanol–water partition coefficient (Wildman–Crippen LogP) is 2.49. The quantitative estimate of drug-likeness (QED) is 0.703. The number of hydrogen-bond donors (Lipinski definition) is 1. The van der Waals surface area contributed by atoms with Crippen molar-refractivity contribution in [2.45, 2.75) is 17.7 Å². The number of carbonyl (C=O) groups excluding carboxylic acids is 1. The molecule has 2 aromatic carbocycles. The summed E-state index contributed by atoms with van der Waals surface area (Å²) in [5, 5.41) is 0. The molecule has 152 valence electrons. The van der Waals surface area contributed by atoms with Gasteiger partial charge in [-0.2, -0.15) is 4.31 Å². The highest BCUT2D eigenvalue weighted by Gasteiger charge is 2.32. The minimum Gasteiger partial charge on any atom is -0.273 e. The van der Waals surface area contributed by atoms with E-state index in [9.17, 15) is 22.0 Å². The zero-order valence-corrected chi connectivity index (χ0v) is 16.1. The lowest BCUT2D eigenvalue weighted by Crippen LogP contribution is -2.42. The number of piperidine rings is 1. The van der Waals surface area contributed by atoms with Gasteiger partial charge in [-0.05, 0) is 43.2 Å². The second kappa shape index (κ2) is 7.53. The molecule has 0 saturated carbocycles. The van der Waals surface area contributed by atoms with Crippen molar-refractivity contribution in [2.24, 2.45) is 5.92 Å². The molecule has 2 heterocycles. The van der Waals surface area contributed by atoms with Gasteiger partial charge in [-0.3, -0.25) is 10.2 Å². The van der Waals surface area contributed by atoms with E-state index in [1.807, 2.05) is 24.3 Å². The Morgan fingerprint density at radius 2 is 1.79 bits per heavy atom. The van der Waals surface area contributed by atoms with Gasteiger partial charge in [-0.1, -0.05) is 12.1 Å². The summed E-state index contributed by atoms with van der Waals surface area (Å²) in [5.41, 5.74) is 4.30. The molecule has 4 rings (SSSR count). The lowest BCUT2D eigenvalue weighted by atomic mass is 9.98. The van der Waals surface area contributed by atoms with Crippen molar-refractivity contribution in [3.8, 4) is 0 Å². The van der Waals surface area contributed by atoms with Gasteiger partial charge in [-0.15, -0.1) is 0 Å². The van der Waals surface area contributed by atoms with E-state index >= 15 is 0 Å². The number of rotatable bonds is 4. The van der Waals surface area contributed by atoms with Crippen LogP contribution >= 0.6 is 0 Å². The molecule has 0 atom stereocenters. The normalized spacial score (nSPS) is 16.2. The van der Waals surface area contributed by atoms with E-state index in [1.54, 1.807) is 4.68 Å². The van der Waals surface area contributed by atoms with Crippen LogP contribution in [-0.4, -0.2) is 41.4 Å². The van der Waals surface area contributed by atoms with Crippen LogP contribution in [0, 0.1) is 17.6 Å². The minimum absolute atomic E-state index is 0.115. The first-order chi connectivity index (χ1) is 13.9. The standard InChI is InChI=1S/C19H18F2N4O3S/c20-15-6-5-14(11-16(15)21)29(27,28)24-9-7-13(8-10-24)19(26)23-25-12-22-17-3-1-2-4-18(17)25/h1-6,11-13H,7-10H2,(H,23,26). The third-order valence-electron chi connectivity index (χ3n) is 5.04. The van der Waals surface area contributed by atoms with Crippen LogP contribution in [0.3, 0.4) is 0 Å². The zero-order valence-electron chi connectivity index (χ0n) is 15.3. The van der Waals surface area contributed by atoms with Gasteiger partial charge in [0.25, 0.3) is 0 Å². The maximum absolute atomic E-state index is 13.4. The Labute approximate surface area is 166 Å². The minimum atomic E-state index is -3.95. The van der Waals surface area contributed by atoms with Crippen molar-refractivity contribution in [2.75, 3.05) is 18.5 Å². The first-order valence-electron chi connectivity index (χ1n) is 9.04. The monoisotopic (exact) mass is 420 g/mol. The number of nitrogens with zero attached hydrogens (tertiary/aromatic N) is 3. The summed E-state index contributed by atoms with van der Waals surface area (Å²) in [6.07, 6.45) is 2.16. The number of imidazole rings is 1. The molecule has 1 amide bonds. The molecule has 0 unspecified atom stereocenters. The number of nitrogens with one attached hydrogen (secondary N) is 1. The van der Waals surface area contributed by atoms with Crippen molar-refractivity contribution in [1.29, 1.82) is 0 Å². The van der Waals surface area contributed by atoms with E-state index in [1.165, 1.54) is 10.6 Å². The number of fused-ring (bicyclic) bond motifs is 1. The van der Waals surface area contributed by atoms with Crippen LogP contribution in [0.25, 0.3) is 11.0 Å². The molecule has 1 N–H and O–H groups in total. The van der Waals surface area contributed by atoms with E-state index in [0.29, 0.717) is 18.9 Å². The van der Waals surface area contributed by atoms with E-state index in [0.717, 1.165) is 23.2 Å². The van der Waals surface area contributed by atoms with Gasteiger partial charge in [0.1, 0.15) is 6.33 Å². The Bertz CT molecular complexity index is 1170. The highest BCUT2D eigenvalue weighted by Crippen LogP contribution is 2.25. The van der Waals surface area contributed by atoms with Crippen molar-refractivity contribution in [1.82, 2.24) is 14.0 Å². The first kappa shape index (κ1) is 19.5.